The van der Waals surface area contributed by atoms with Crippen LogP contribution in [0.2, 0.25) is 0 Å². The number of hydrogen-bond acceptors (Lipinski definition) is 2. The van der Waals surface area contributed by atoms with Crippen molar-refractivity contribution in [2.45, 2.75) is 12.5 Å². The maximum Gasteiger partial charge on any atom is 0.119 e. The summed E-state index contributed by atoms with van der Waals surface area (Å²) in [6, 6.07) is 9.66. The highest BCUT2D eigenvalue weighted by Gasteiger charge is 1.94. The molecule has 1 aromatic rings. The second-order valence-electron chi connectivity index (χ2n) is 2.71. The minimum atomic E-state index is -0.0336. The number of nitrogens with two attached hydrogens (primary N) is 1. The van der Waals surface area contributed by atoms with E-state index >= 15 is 0 Å². The monoisotopic (exact) mass is 164 g/mol. The van der Waals surface area contributed by atoms with Gasteiger partial charge in [0, 0.05) is 6.04 Å². The molecule has 1 radical (unpaired) electrons. The van der Waals surface area contributed by atoms with Gasteiger partial charge in [-0.05, 0) is 25.5 Å². The SMILES string of the molecule is [CH2]C(N)CCOc1ccccc1. The van der Waals surface area contributed by atoms with E-state index in [1.54, 1.807) is 0 Å². The maximum atomic E-state index is 5.47. The van der Waals surface area contributed by atoms with Crippen molar-refractivity contribution in [1.82, 2.24) is 0 Å². The van der Waals surface area contributed by atoms with Crippen molar-refractivity contribution in [2.24, 2.45) is 5.73 Å². The first-order valence-corrected chi connectivity index (χ1v) is 4.05. The Balaban J connectivity index is 2.25. The standard InChI is InChI=1S/C10H14NO/c1-9(11)7-8-12-10-5-3-2-4-6-10/h2-6,9H,1,7-8,11H2. The van der Waals surface area contributed by atoms with E-state index in [1.165, 1.54) is 0 Å². The first-order chi connectivity index (χ1) is 5.79. The van der Waals surface area contributed by atoms with Crippen LogP contribution in [0.4, 0.5) is 0 Å². The normalized spacial score (nSPS) is 12.5. The minimum Gasteiger partial charge on any atom is -0.494 e. The molecular formula is C10H14NO. The molecule has 0 heterocycles. The zero-order valence-electron chi connectivity index (χ0n) is 7.07. The van der Waals surface area contributed by atoms with Crippen LogP contribution >= 0.6 is 0 Å². The molecule has 0 fully saturated rings. The molecule has 0 aromatic heterocycles. The molecule has 12 heavy (non-hydrogen) atoms. The number of rotatable bonds is 4. The van der Waals surface area contributed by atoms with E-state index < -0.39 is 0 Å². The molecule has 65 valence electrons. The maximum absolute atomic E-state index is 5.47. The van der Waals surface area contributed by atoms with Gasteiger partial charge in [0.15, 0.2) is 0 Å². The van der Waals surface area contributed by atoms with Crippen LogP contribution in [0.3, 0.4) is 0 Å². The molecule has 1 atom stereocenters. The second-order valence-corrected chi connectivity index (χ2v) is 2.71. The van der Waals surface area contributed by atoms with Crippen LogP contribution in [0.1, 0.15) is 6.42 Å². The molecule has 0 aliphatic carbocycles. The summed E-state index contributed by atoms with van der Waals surface area (Å²) in [4.78, 5) is 0. The fraction of sp³-hybridized carbons (Fsp3) is 0.300. The van der Waals surface area contributed by atoms with Gasteiger partial charge in [-0.15, -0.1) is 0 Å². The van der Waals surface area contributed by atoms with E-state index in [0.717, 1.165) is 12.2 Å². The highest BCUT2D eigenvalue weighted by atomic mass is 16.5. The lowest BCUT2D eigenvalue weighted by molar-refractivity contribution is 0.305. The molecule has 2 heteroatoms. The summed E-state index contributed by atoms with van der Waals surface area (Å²) in [5, 5.41) is 0. The van der Waals surface area contributed by atoms with Gasteiger partial charge in [0.25, 0.3) is 0 Å². The topological polar surface area (TPSA) is 35.2 Å². The second kappa shape index (κ2) is 4.78. The van der Waals surface area contributed by atoms with Gasteiger partial charge >= 0.3 is 0 Å². The molecule has 1 rings (SSSR count). The van der Waals surface area contributed by atoms with Crippen molar-refractivity contribution in [1.29, 1.82) is 0 Å². The zero-order valence-corrected chi connectivity index (χ0v) is 7.07. The summed E-state index contributed by atoms with van der Waals surface area (Å²) < 4.78 is 5.40. The Morgan fingerprint density at radius 2 is 2.00 bits per heavy atom. The molecule has 0 aliphatic rings. The van der Waals surface area contributed by atoms with E-state index in [1.807, 2.05) is 30.3 Å². The summed E-state index contributed by atoms with van der Waals surface area (Å²) in [5.41, 5.74) is 5.47. The molecule has 0 amide bonds. The predicted molar refractivity (Wildman–Crippen MR) is 49.9 cm³/mol. The third kappa shape index (κ3) is 3.39. The van der Waals surface area contributed by atoms with Crippen LogP contribution in [0, 0.1) is 6.92 Å². The number of ether oxygens (including phenoxy) is 1. The Kier molecular flexibility index (Phi) is 3.61. The first-order valence-electron chi connectivity index (χ1n) is 4.05. The lowest BCUT2D eigenvalue weighted by Crippen LogP contribution is -2.18. The number of para-hydroxylation sites is 1. The molecule has 1 unspecified atom stereocenters. The molecule has 0 spiro atoms. The highest BCUT2D eigenvalue weighted by Crippen LogP contribution is 2.08. The van der Waals surface area contributed by atoms with Crippen LogP contribution < -0.4 is 10.5 Å². The smallest absolute Gasteiger partial charge is 0.119 e. The molecule has 0 saturated carbocycles. The van der Waals surface area contributed by atoms with Crippen LogP contribution in [0.25, 0.3) is 0 Å². The van der Waals surface area contributed by atoms with E-state index in [-0.39, 0.29) is 6.04 Å². The average molecular weight is 164 g/mol. The Bertz CT molecular complexity index is 208. The Hall–Kier alpha value is -1.02. The quantitative estimate of drug-likeness (QED) is 0.733. The molecule has 0 aliphatic heterocycles. The van der Waals surface area contributed by atoms with Gasteiger partial charge in [0.1, 0.15) is 5.75 Å². The third-order valence-corrected chi connectivity index (χ3v) is 1.50. The van der Waals surface area contributed by atoms with Crippen molar-refractivity contribution in [2.75, 3.05) is 6.61 Å². The van der Waals surface area contributed by atoms with Gasteiger partial charge in [-0.1, -0.05) is 18.2 Å². The van der Waals surface area contributed by atoms with Crippen molar-refractivity contribution < 1.29 is 4.74 Å². The number of benzene rings is 1. The Morgan fingerprint density at radius 3 is 2.58 bits per heavy atom. The largest absolute Gasteiger partial charge is 0.494 e. The molecule has 0 bridgehead atoms. The zero-order chi connectivity index (χ0) is 8.81. The molecule has 1 aromatic carbocycles. The van der Waals surface area contributed by atoms with Crippen LogP contribution in [-0.2, 0) is 0 Å². The highest BCUT2D eigenvalue weighted by molar-refractivity contribution is 5.20. The summed E-state index contributed by atoms with van der Waals surface area (Å²) in [6.07, 6.45) is 0.787. The van der Waals surface area contributed by atoms with Gasteiger partial charge in [-0.25, -0.2) is 0 Å². The van der Waals surface area contributed by atoms with Gasteiger partial charge in [0.05, 0.1) is 6.61 Å². The molecular weight excluding hydrogens is 150 g/mol. The van der Waals surface area contributed by atoms with Gasteiger partial charge < -0.3 is 10.5 Å². The van der Waals surface area contributed by atoms with Crippen molar-refractivity contribution in [3.05, 3.63) is 37.3 Å². The van der Waals surface area contributed by atoms with Crippen LogP contribution in [0.5, 0.6) is 5.75 Å². The summed E-state index contributed by atoms with van der Waals surface area (Å²) in [7, 11) is 0. The summed E-state index contributed by atoms with van der Waals surface area (Å²) >= 11 is 0. The number of hydrogen-bond donors (Lipinski definition) is 1. The lowest BCUT2D eigenvalue weighted by Gasteiger charge is -2.07. The fourth-order valence-corrected chi connectivity index (χ4v) is 0.845. The van der Waals surface area contributed by atoms with E-state index in [9.17, 15) is 0 Å². The van der Waals surface area contributed by atoms with E-state index in [4.69, 9.17) is 10.5 Å². The first kappa shape index (κ1) is 9.07. The van der Waals surface area contributed by atoms with Gasteiger partial charge in [0.2, 0.25) is 0 Å². The van der Waals surface area contributed by atoms with Crippen molar-refractivity contribution in [3.8, 4) is 5.75 Å². The van der Waals surface area contributed by atoms with E-state index in [2.05, 4.69) is 6.92 Å². The predicted octanol–water partition coefficient (Wildman–Crippen LogP) is 1.62. The third-order valence-electron chi connectivity index (χ3n) is 1.50. The van der Waals surface area contributed by atoms with Crippen molar-refractivity contribution in [3.63, 3.8) is 0 Å². The van der Waals surface area contributed by atoms with Gasteiger partial charge in [-0.3, -0.25) is 0 Å². The minimum absolute atomic E-state index is 0.0336. The molecule has 0 saturated heterocycles. The lowest BCUT2D eigenvalue weighted by atomic mass is 10.3. The summed E-state index contributed by atoms with van der Waals surface area (Å²) in [5.74, 6) is 0.887. The Morgan fingerprint density at radius 1 is 1.33 bits per heavy atom. The summed E-state index contributed by atoms with van der Waals surface area (Å²) in [6.45, 7) is 4.30. The average Bonchev–Trinajstić information content (AvgIpc) is 2.05. The molecule has 2 N–H and O–H groups in total. The van der Waals surface area contributed by atoms with Gasteiger partial charge in [-0.2, -0.15) is 0 Å². The van der Waals surface area contributed by atoms with Crippen LogP contribution in [0.15, 0.2) is 30.3 Å². The van der Waals surface area contributed by atoms with Crippen LogP contribution in [-0.4, -0.2) is 12.6 Å². The van der Waals surface area contributed by atoms with E-state index in [0.29, 0.717) is 6.61 Å². The van der Waals surface area contributed by atoms with Crippen molar-refractivity contribution >= 4 is 0 Å². The fourth-order valence-electron chi connectivity index (χ4n) is 0.845. The molecule has 2 nitrogen and oxygen atoms in total. The Labute approximate surface area is 73.3 Å².